The first-order chi connectivity index (χ1) is 6.19. The lowest BCUT2D eigenvalue weighted by Gasteiger charge is -2.13. The fourth-order valence-electron chi connectivity index (χ4n) is 1.26. The molecule has 13 heavy (non-hydrogen) atoms. The number of hydrogen-bond donors (Lipinski definition) is 3. The van der Waals surface area contributed by atoms with Gasteiger partial charge in [0.05, 0.1) is 0 Å². The van der Waals surface area contributed by atoms with Crippen molar-refractivity contribution in [3.63, 3.8) is 0 Å². The topological polar surface area (TPSA) is 58.3 Å². The lowest BCUT2D eigenvalue weighted by molar-refractivity contribution is 0.454. The summed E-state index contributed by atoms with van der Waals surface area (Å²) in [5, 5.41) is 9.54. The molecule has 0 aliphatic heterocycles. The third-order valence-corrected chi connectivity index (χ3v) is 2.22. The Balaban J connectivity index is 3.03. The molecule has 0 spiro atoms. The molecule has 0 fully saturated rings. The highest BCUT2D eigenvalue weighted by molar-refractivity contribution is 5.38. The Morgan fingerprint density at radius 1 is 1.54 bits per heavy atom. The van der Waals surface area contributed by atoms with E-state index >= 15 is 0 Å². The fourth-order valence-corrected chi connectivity index (χ4v) is 1.26. The number of phenols is 1. The van der Waals surface area contributed by atoms with Gasteiger partial charge >= 0.3 is 0 Å². The smallest absolute Gasteiger partial charge is 0.120 e. The average Bonchev–Trinajstić information content (AvgIpc) is 2.17. The lowest BCUT2D eigenvalue weighted by Crippen LogP contribution is -2.25. The van der Waals surface area contributed by atoms with Crippen molar-refractivity contribution in [3.8, 4) is 5.75 Å². The van der Waals surface area contributed by atoms with E-state index in [1.54, 1.807) is 6.07 Å². The standard InChI is InChI=1S/C10H16N2O/c1-3-8-4-5-10(13)9(6-8)7(2)12-11/h4-7,12-13H,3,11H2,1-2H3/t7-/m0/s1. The van der Waals surface area contributed by atoms with Crippen molar-refractivity contribution in [1.82, 2.24) is 5.43 Å². The molecule has 0 unspecified atom stereocenters. The molecule has 3 nitrogen and oxygen atoms in total. The van der Waals surface area contributed by atoms with Gasteiger partial charge in [-0.05, 0) is 25.0 Å². The summed E-state index contributed by atoms with van der Waals surface area (Å²) < 4.78 is 0. The summed E-state index contributed by atoms with van der Waals surface area (Å²) in [6.45, 7) is 3.99. The van der Waals surface area contributed by atoms with Gasteiger partial charge in [0.1, 0.15) is 5.75 Å². The van der Waals surface area contributed by atoms with E-state index in [2.05, 4.69) is 12.3 Å². The maximum Gasteiger partial charge on any atom is 0.120 e. The van der Waals surface area contributed by atoms with Crippen LogP contribution in [0.2, 0.25) is 0 Å². The predicted octanol–water partition coefficient (Wildman–Crippen LogP) is 1.48. The van der Waals surface area contributed by atoms with E-state index in [1.807, 2.05) is 19.1 Å². The van der Waals surface area contributed by atoms with E-state index in [4.69, 9.17) is 5.84 Å². The molecule has 72 valence electrons. The number of hydrogen-bond acceptors (Lipinski definition) is 3. The molecule has 0 saturated carbocycles. The van der Waals surface area contributed by atoms with Crippen LogP contribution in [0.1, 0.15) is 31.0 Å². The second kappa shape index (κ2) is 4.25. The molecule has 0 aliphatic carbocycles. The fraction of sp³-hybridized carbons (Fsp3) is 0.400. The van der Waals surface area contributed by atoms with Crippen LogP contribution in [0, 0.1) is 0 Å². The number of hydrazine groups is 1. The molecular formula is C10H16N2O. The molecule has 1 aromatic carbocycles. The van der Waals surface area contributed by atoms with Gasteiger partial charge in [-0.25, -0.2) is 0 Å². The van der Waals surface area contributed by atoms with Crippen LogP contribution < -0.4 is 11.3 Å². The second-order valence-electron chi connectivity index (χ2n) is 3.14. The Morgan fingerprint density at radius 2 is 2.23 bits per heavy atom. The Labute approximate surface area is 78.5 Å². The minimum atomic E-state index is -0.0218. The largest absolute Gasteiger partial charge is 0.508 e. The maximum atomic E-state index is 9.54. The Morgan fingerprint density at radius 3 is 2.77 bits per heavy atom. The zero-order chi connectivity index (χ0) is 9.84. The van der Waals surface area contributed by atoms with E-state index in [-0.39, 0.29) is 6.04 Å². The normalized spacial score (nSPS) is 12.8. The minimum absolute atomic E-state index is 0.0218. The second-order valence-corrected chi connectivity index (χ2v) is 3.14. The molecule has 4 N–H and O–H groups in total. The van der Waals surface area contributed by atoms with Crippen molar-refractivity contribution >= 4 is 0 Å². The molecule has 1 atom stereocenters. The zero-order valence-electron chi connectivity index (χ0n) is 8.04. The SMILES string of the molecule is CCc1ccc(O)c([C@H](C)NN)c1. The highest BCUT2D eigenvalue weighted by Crippen LogP contribution is 2.24. The van der Waals surface area contributed by atoms with Gasteiger partial charge in [-0.1, -0.05) is 19.1 Å². The summed E-state index contributed by atoms with van der Waals surface area (Å²) in [6, 6.07) is 5.58. The molecular weight excluding hydrogens is 164 g/mol. The lowest BCUT2D eigenvalue weighted by atomic mass is 10.0. The summed E-state index contributed by atoms with van der Waals surface area (Å²) in [4.78, 5) is 0. The first kappa shape index (κ1) is 10.0. The van der Waals surface area contributed by atoms with Crippen molar-refractivity contribution < 1.29 is 5.11 Å². The van der Waals surface area contributed by atoms with E-state index in [0.717, 1.165) is 12.0 Å². The molecule has 0 aromatic heterocycles. The number of benzene rings is 1. The van der Waals surface area contributed by atoms with Gasteiger partial charge in [-0.15, -0.1) is 0 Å². The van der Waals surface area contributed by atoms with Crippen LogP contribution in [0.15, 0.2) is 18.2 Å². The molecule has 0 heterocycles. The number of nitrogens with two attached hydrogens (primary N) is 1. The van der Waals surface area contributed by atoms with Crippen LogP contribution in [-0.2, 0) is 6.42 Å². The average molecular weight is 180 g/mol. The third-order valence-electron chi connectivity index (χ3n) is 2.22. The highest BCUT2D eigenvalue weighted by Gasteiger charge is 2.08. The highest BCUT2D eigenvalue weighted by atomic mass is 16.3. The molecule has 1 aromatic rings. The third kappa shape index (κ3) is 2.20. The maximum absolute atomic E-state index is 9.54. The molecule has 1 rings (SSSR count). The van der Waals surface area contributed by atoms with E-state index in [1.165, 1.54) is 5.56 Å². The zero-order valence-corrected chi connectivity index (χ0v) is 8.04. The molecule has 3 heteroatoms. The van der Waals surface area contributed by atoms with Gasteiger partial charge in [0.15, 0.2) is 0 Å². The van der Waals surface area contributed by atoms with Gasteiger partial charge in [-0.2, -0.15) is 0 Å². The summed E-state index contributed by atoms with van der Waals surface area (Å²) in [6.07, 6.45) is 0.963. The molecule has 0 saturated heterocycles. The first-order valence-electron chi connectivity index (χ1n) is 4.47. The van der Waals surface area contributed by atoms with Crippen molar-refractivity contribution in [1.29, 1.82) is 0 Å². The van der Waals surface area contributed by atoms with Gasteiger partial charge in [-0.3, -0.25) is 11.3 Å². The van der Waals surface area contributed by atoms with Gasteiger partial charge < -0.3 is 5.11 Å². The van der Waals surface area contributed by atoms with Crippen LogP contribution in [-0.4, -0.2) is 5.11 Å². The molecule has 0 bridgehead atoms. The number of aromatic hydroxyl groups is 1. The van der Waals surface area contributed by atoms with Crippen LogP contribution in [0.4, 0.5) is 0 Å². The van der Waals surface area contributed by atoms with Gasteiger partial charge in [0.2, 0.25) is 0 Å². The van der Waals surface area contributed by atoms with Crippen molar-refractivity contribution in [2.45, 2.75) is 26.3 Å². The Hall–Kier alpha value is -1.06. The number of aryl methyl sites for hydroxylation is 1. The van der Waals surface area contributed by atoms with Gasteiger partial charge in [0.25, 0.3) is 0 Å². The minimum Gasteiger partial charge on any atom is -0.508 e. The summed E-state index contributed by atoms with van der Waals surface area (Å²) >= 11 is 0. The predicted molar refractivity (Wildman–Crippen MR) is 53.2 cm³/mol. The Bertz CT molecular complexity index is 286. The van der Waals surface area contributed by atoms with Crippen LogP contribution in [0.25, 0.3) is 0 Å². The summed E-state index contributed by atoms with van der Waals surface area (Å²) in [5.74, 6) is 5.60. The number of nitrogens with one attached hydrogen (secondary N) is 1. The number of rotatable bonds is 3. The van der Waals surface area contributed by atoms with Crippen molar-refractivity contribution in [2.24, 2.45) is 5.84 Å². The summed E-state index contributed by atoms with van der Waals surface area (Å²) in [5.41, 5.74) is 4.67. The number of phenolic OH excluding ortho intramolecular Hbond substituents is 1. The first-order valence-corrected chi connectivity index (χ1v) is 4.47. The van der Waals surface area contributed by atoms with E-state index in [9.17, 15) is 5.11 Å². The molecule has 0 aliphatic rings. The van der Waals surface area contributed by atoms with Crippen LogP contribution >= 0.6 is 0 Å². The monoisotopic (exact) mass is 180 g/mol. The molecule has 0 amide bonds. The quantitative estimate of drug-likeness (QED) is 0.488. The van der Waals surface area contributed by atoms with E-state index < -0.39 is 0 Å². The van der Waals surface area contributed by atoms with Crippen molar-refractivity contribution in [2.75, 3.05) is 0 Å². The summed E-state index contributed by atoms with van der Waals surface area (Å²) in [7, 11) is 0. The van der Waals surface area contributed by atoms with Crippen LogP contribution in [0.3, 0.4) is 0 Å². The van der Waals surface area contributed by atoms with Crippen LogP contribution in [0.5, 0.6) is 5.75 Å². The Kier molecular flexibility index (Phi) is 3.28. The van der Waals surface area contributed by atoms with Crippen molar-refractivity contribution in [3.05, 3.63) is 29.3 Å². The van der Waals surface area contributed by atoms with E-state index in [0.29, 0.717) is 5.75 Å². The molecule has 0 radical (unpaired) electrons. The van der Waals surface area contributed by atoms with Gasteiger partial charge in [0, 0.05) is 11.6 Å².